The summed E-state index contributed by atoms with van der Waals surface area (Å²) in [7, 11) is 0. The Morgan fingerprint density at radius 2 is 1.62 bits per heavy atom. The second-order valence-electron chi connectivity index (χ2n) is 2.43. The fraction of sp³-hybridized carbons (Fsp3) is 1.00. The topological polar surface area (TPSA) is 20.2 Å². The summed E-state index contributed by atoms with van der Waals surface area (Å²) in [6, 6.07) is 0. The number of hydrogen-bond donors (Lipinski definition) is 1. The van der Waals surface area contributed by atoms with E-state index in [1.165, 1.54) is 0 Å². The van der Waals surface area contributed by atoms with E-state index < -0.39 is 6.10 Å². The first kappa shape index (κ1) is 8.25. The third-order valence-corrected chi connectivity index (χ3v) is 1.97. The first-order valence-corrected chi connectivity index (χ1v) is 3.31. The highest BCUT2D eigenvalue weighted by Crippen LogP contribution is 2.12. The summed E-state index contributed by atoms with van der Waals surface area (Å²) in [4.78, 5) is 0. The predicted molar refractivity (Wildman–Crippen MR) is 36.2 cm³/mol. The van der Waals surface area contributed by atoms with Crippen molar-refractivity contribution in [3.8, 4) is 0 Å². The lowest BCUT2D eigenvalue weighted by atomic mass is 10.1. The Kier molecular flexibility index (Phi) is 3.41. The molecule has 0 fully saturated rings. The van der Waals surface area contributed by atoms with Gasteiger partial charge in [0.2, 0.25) is 0 Å². The number of alkyl halides is 1. The lowest BCUT2D eigenvalue weighted by Crippen LogP contribution is -2.21. The molecule has 0 heterocycles. The maximum absolute atomic E-state index is 8.86. The maximum Gasteiger partial charge on any atom is 0.0678 e. The minimum Gasteiger partial charge on any atom is -0.392 e. The summed E-state index contributed by atoms with van der Waals surface area (Å²) in [5.41, 5.74) is 0. The van der Waals surface area contributed by atoms with E-state index in [0.29, 0.717) is 5.92 Å². The van der Waals surface area contributed by atoms with Crippen LogP contribution in [0.15, 0.2) is 0 Å². The molecule has 0 aliphatic carbocycles. The van der Waals surface area contributed by atoms with Crippen molar-refractivity contribution in [1.82, 2.24) is 0 Å². The van der Waals surface area contributed by atoms with Gasteiger partial charge in [-0.1, -0.05) is 13.8 Å². The summed E-state index contributed by atoms with van der Waals surface area (Å²) in [5.74, 6) is 0.358. The molecule has 0 aliphatic rings. The van der Waals surface area contributed by atoms with Crippen molar-refractivity contribution in [2.45, 2.75) is 32.3 Å². The summed E-state index contributed by atoms with van der Waals surface area (Å²) in [6.45, 7) is 5.69. The number of halogens is 1. The number of rotatable bonds is 2. The molecule has 0 saturated heterocycles. The molecule has 50 valence electrons. The first-order valence-electron chi connectivity index (χ1n) is 2.88. The summed E-state index contributed by atoms with van der Waals surface area (Å²) in [5, 5.41) is 8.76. The molecule has 2 atom stereocenters. The smallest absolute Gasteiger partial charge is 0.0678 e. The molecule has 0 amide bonds. The highest BCUT2D eigenvalue weighted by atomic mass is 35.5. The summed E-state index contributed by atoms with van der Waals surface area (Å²) >= 11 is 5.70. The number of aliphatic hydroxyl groups is 1. The van der Waals surface area contributed by atoms with Crippen LogP contribution in [0.4, 0.5) is 0 Å². The minimum atomic E-state index is -0.392. The molecule has 2 heteroatoms. The molecule has 0 aromatic heterocycles. The van der Waals surface area contributed by atoms with E-state index >= 15 is 0 Å². The van der Waals surface area contributed by atoms with Crippen LogP contribution in [-0.2, 0) is 0 Å². The average Bonchev–Trinajstić information content (AvgIpc) is 1.64. The van der Waals surface area contributed by atoms with E-state index in [2.05, 4.69) is 0 Å². The van der Waals surface area contributed by atoms with Gasteiger partial charge in [-0.15, -0.1) is 11.6 Å². The highest BCUT2D eigenvalue weighted by Gasteiger charge is 2.14. The second kappa shape index (κ2) is 3.31. The number of aliphatic hydroxyl groups excluding tert-OH is 1. The van der Waals surface area contributed by atoms with Crippen LogP contribution in [-0.4, -0.2) is 16.6 Å². The van der Waals surface area contributed by atoms with Gasteiger partial charge in [0.15, 0.2) is 0 Å². The van der Waals surface area contributed by atoms with E-state index in [0.717, 1.165) is 0 Å². The third-order valence-electron chi connectivity index (χ3n) is 1.10. The molecular weight excluding hydrogens is 124 g/mol. The van der Waals surface area contributed by atoms with Gasteiger partial charge >= 0.3 is 0 Å². The normalized spacial score (nSPS) is 18.8. The van der Waals surface area contributed by atoms with Crippen molar-refractivity contribution in [2.24, 2.45) is 5.92 Å². The zero-order valence-corrected chi connectivity index (χ0v) is 6.31. The lowest BCUT2D eigenvalue weighted by Gasteiger charge is -2.15. The van der Waals surface area contributed by atoms with Crippen molar-refractivity contribution >= 4 is 11.6 Å². The van der Waals surface area contributed by atoms with Gasteiger partial charge in [0, 0.05) is 0 Å². The van der Waals surface area contributed by atoms with E-state index in [1.54, 1.807) is 6.92 Å². The molecule has 8 heavy (non-hydrogen) atoms. The Labute approximate surface area is 55.7 Å². The SMILES string of the molecule is CC(C)[C@@H](Cl)[C@@H](C)O. The quantitative estimate of drug-likeness (QED) is 0.573. The van der Waals surface area contributed by atoms with Gasteiger partial charge in [-0.25, -0.2) is 0 Å². The lowest BCUT2D eigenvalue weighted by molar-refractivity contribution is 0.172. The van der Waals surface area contributed by atoms with E-state index in [1.807, 2.05) is 13.8 Å². The maximum atomic E-state index is 8.86. The van der Waals surface area contributed by atoms with Crippen LogP contribution in [0, 0.1) is 5.92 Å². The first-order chi connectivity index (χ1) is 3.55. The van der Waals surface area contributed by atoms with E-state index in [9.17, 15) is 0 Å². The number of hydrogen-bond acceptors (Lipinski definition) is 1. The van der Waals surface area contributed by atoms with Gasteiger partial charge in [-0.3, -0.25) is 0 Å². The van der Waals surface area contributed by atoms with Crippen molar-refractivity contribution in [1.29, 1.82) is 0 Å². The predicted octanol–water partition coefficient (Wildman–Crippen LogP) is 1.63. The zero-order chi connectivity index (χ0) is 6.73. The molecule has 0 spiro atoms. The molecule has 0 aromatic rings. The Hall–Kier alpha value is 0.250. The third kappa shape index (κ3) is 2.53. The highest BCUT2D eigenvalue weighted by molar-refractivity contribution is 6.21. The van der Waals surface area contributed by atoms with Crippen LogP contribution in [0.3, 0.4) is 0 Å². The molecule has 0 aliphatic heterocycles. The van der Waals surface area contributed by atoms with Gasteiger partial charge in [0.25, 0.3) is 0 Å². The Bertz CT molecular complexity index is 53.5. The van der Waals surface area contributed by atoms with Crippen LogP contribution in [0.5, 0.6) is 0 Å². The molecule has 0 aromatic carbocycles. The van der Waals surface area contributed by atoms with Crippen LogP contribution < -0.4 is 0 Å². The van der Waals surface area contributed by atoms with Crippen LogP contribution in [0.1, 0.15) is 20.8 Å². The van der Waals surface area contributed by atoms with Gasteiger partial charge in [-0.05, 0) is 12.8 Å². The van der Waals surface area contributed by atoms with E-state index in [4.69, 9.17) is 16.7 Å². The van der Waals surface area contributed by atoms with Gasteiger partial charge in [0.05, 0.1) is 11.5 Å². The standard InChI is InChI=1S/C6H13ClO/c1-4(2)6(7)5(3)8/h4-6,8H,1-3H3/t5-,6-/m1/s1. The molecule has 1 N–H and O–H groups in total. The fourth-order valence-electron chi connectivity index (χ4n) is 0.557. The minimum absolute atomic E-state index is 0.102. The van der Waals surface area contributed by atoms with Gasteiger partial charge in [0.1, 0.15) is 0 Å². The molecule has 0 saturated carbocycles. The van der Waals surface area contributed by atoms with E-state index in [-0.39, 0.29) is 5.38 Å². The van der Waals surface area contributed by atoms with Gasteiger partial charge < -0.3 is 5.11 Å². The van der Waals surface area contributed by atoms with Crippen molar-refractivity contribution < 1.29 is 5.11 Å². The van der Waals surface area contributed by atoms with Crippen molar-refractivity contribution in [3.05, 3.63) is 0 Å². The molecular formula is C6H13ClO. The molecule has 0 radical (unpaired) electrons. The Balaban J connectivity index is 3.46. The fourth-order valence-corrected chi connectivity index (χ4v) is 0.557. The summed E-state index contributed by atoms with van der Waals surface area (Å²) < 4.78 is 0. The van der Waals surface area contributed by atoms with Crippen molar-refractivity contribution in [3.63, 3.8) is 0 Å². The monoisotopic (exact) mass is 136 g/mol. The van der Waals surface area contributed by atoms with Crippen LogP contribution in [0.2, 0.25) is 0 Å². The van der Waals surface area contributed by atoms with Crippen LogP contribution >= 0.6 is 11.6 Å². The average molecular weight is 137 g/mol. The van der Waals surface area contributed by atoms with Crippen molar-refractivity contribution in [2.75, 3.05) is 0 Å². The summed E-state index contributed by atoms with van der Waals surface area (Å²) in [6.07, 6.45) is -0.392. The Morgan fingerprint density at radius 1 is 1.25 bits per heavy atom. The zero-order valence-electron chi connectivity index (χ0n) is 5.56. The molecule has 0 unspecified atom stereocenters. The Morgan fingerprint density at radius 3 is 1.62 bits per heavy atom. The van der Waals surface area contributed by atoms with Gasteiger partial charge in [-0.2, -0.15) is 0 Å². The second-order valence-corrected chi connectivity index (χ2v) is 2.93. The molecule has 0 bridgehead atoms. The van der Waals surface area contributed by atoms with Crippen LogP contribution in [0.25, 0.3) is 0 Å². The molecule has 0 rings (SSSR count). The molecule has 1 nitrogen and oxygen atoms in total. The largest absolute Gasteiger partial charge is 0.392 e.